The van der Waals surface area contributed by atoms with Crippen molar-refractivity contribution in [1.82, 2.24) is 14.7 Å². The highest BCUT2D eigenvalue weighted by atomic mass is 35.5. The van der Waals surface area contributed by atoms with Gasteiger partial charge in [-0.05, 0) is 17.7 Å². The number of nitrogen functional groups attached to an aromatic ring is 1. The lowest BCUT2D eigenvalue weighted by Gasteiger charge is -2.36. The van der Waals surface area contributed by atoms with E-state index in [1.165, 1.54) is 10.2 Å². The molecule has 1 saturated heterocycles. The normalized spacial score (nSPS) is 15.8. The first-order chi connectivity index (χ1) is 11.0. The highest BCUT2D eigenvalue weighted by molar-refractivity contribution is 6.33. The summed E-state index contributed by atoms with van der Waals surface area (Å²) in [6, 6.07) is 7.97. The molecule has 0 aliphatic carbocycles. The van der Waals surface area contributed by atoms with Crippen molar-refractivity contribution in [2.24, 2.45) is 7.05 Å². The van der Waals surface area contributed by atoms with Crippen molar-refractivity contribution in [3.8, 4) is 0 Å². The van der Waals surface area contributed by atoms with E-state index in [9.17, 15) is 4.79 Å². The van der Waals surface area contributed by atoms with Gasteiger partial charge in [0.2, 0.25) is 0 Å². The number of piperazine rings is 1. The van der Waals surface area contributed by atoms with E-state index < -0.39 is 0 Å². The molecular weight excluding hydrogens is 314 g/mol. The van der Waals surface area contributed by atoms with E-state index >= 15 is 0 Å². The van der Waals surface area contributed by atoms with Gasteiger partial charge in [-0.15, -0.1) is 0 Å². The molecule has 2 aromatic rings. The minimum atomic E-state index is -0.256. The van der Waals surface area contributed by atoms with Crippen LogP contribution in [-0.4, -0.2) is 40.9 Å². The summed E-state index contributed by atoms with van der Waals surface area (Å²) in [6.45, 7) is 4.37. The molecule has 1 aliphatic heterocycles. The summed E-state index contributed by atoms with van der Waals surface area (Å²) in [5.74, 6) is 0. The third kappa shape index (κ3) is 3.48. The van der Waals surface area contributed by atoms with E-state index in [1.54, 1.807) is 13.2 Å². The van der Waals surface area contributed by atoms with Gasteiger partial charge in [0.15, 0.2) is 0 Å². The molecule has 1 aromatic carbocycles. The van der Waals surface area contributed by atoms with Gasteiger partial charge in [0, 0.05) is 45.5 Å². The predicted molar refractivity (Wildman–Crippen MR) is 92.8 cm³/mol. The summed E-state index contributed by atoms with van der Waals surface area (Å²) < 4.78 is 1.25. The van der Waals surface area contributed by atoms with E-state index in [4.69, 9.17) is 17.3 Å². The molecule has 23 heavy (non-hydrogen) atoms. The zero-order valence-electron chi connectivity index (χ0n) is 13.1. The molecule has 6 nitrogen and oxygen atoms in total. The summed E-state index contributed by atoms with van der Waals surface area (Å²) in [5.41, 5.74) is 8.22. The van der Waals surface area contributed by atoms with Crippen LogP contribution >= 0.6 is 11.6 Å². The third-order valence-electron chi connectivity index (χ3n) is 4.16. The van der Waals surface area contributed by atoms with Crippen LogP contribution in [0.25, 0.3) is 0 Å². The fourth-order valence-electron chi connectivity index (χ4n) is 2.75. The summed E-state index contributed by atoms with van der Waals surface area (Å²) >= 11 is 6.17. The van der Waals surface area contributed by atoms with Gasteiger partial charge in [0.05, 0.1) is 11.9 Å². The van der Waals surface area contributed by atoms with Crippen LogP contribution in [0.15, 0.2) is 35.3 Å². The van der Waals surface area contributed by atoms with Gasteiger partial charge in [-0.25, -0.2) is 4.68 Å². The van der Waals surface area contributed by atoms with Crippen molar-refractivity contribution in [3.05, 3.63) is 51.4 Å². The van der Waals surface area contributed by atoms with Crippen LogP contribution in [0.3, 0.4) is 0 Å². The number of nitrogens with two attached hydrogens (primary N) is 1. The molecule has 1 aromatic heterocycles. The van der Waals surface area contributed by atoms with Gasteiger partial charge in [0.25, 0.3) is 5.56 Å². The molecular formula is C16H20ClN5O. The lowest BCUT2D eigenvalue weighted by Crippen LogP contribution is -2.46. The fourth-order valence-corrected chi connectivity index (χ4v) is 3.04. The van der Waals surface area contributed by atoms with E-state index in [-0.39, 0.29) is 10.6 Å². The number of rotatable bonds is 3. The molecule has 3 rings (SSSR count). The van der Waals surface area contributed by atoms with Crippen LogP contribution in [0.4, 0.5) is 11.4 Å². The van der Waals surface area contributed by atoms with Gasteiger partial charge in [-0.2, -0.15) is 5.10 Å². The number of halogens is 1. The zero-order valence-corrected chi connectivity index (χ0v) is 13.8. The molecule has 0 unspecified atom stereocenters. The summed E-state index contributed by atoms with van der Waals surface area (Å²) in [6.07, 6.45) is 1.67. The van der Waals surface area contributed by atoms with Crippen molar-refractivity contribution < 1.29 is 0 Å². The molecule has 0 bridgehead atoms. The maximum atomic E-state index is 11.9. The predicted octanol–water partition coefficient (Wildman–Crippen LogP) is 1.34. The van der Waals surface area contributed by atoms with Crippen molar-refractivity contribution in [2.45, 2.75) is 6.54 Å². The van der Waals surface area contributed by atoms with Crippen molar-refractivity contribution in [2.75, 3.05) is 36.8 Å². The minimum absolute atomic E-state index is 0.245. The van der Waals surface area contributed by atoms with Gasteiger partial charge >= 0.3 is 0 Å². The van der Waals surface area contributed by atoms with Gasteiger partial charge in [0.1, 0.15) is 5.02 Å². The van der Waals surface area contributed by atoms with E-state index in [2.05, 4.69) is 27.0 Å². The van der Waals surface area contributed by atoms with Crippen LogP contribution in [-0.2, 0) is 13.6 Å². The number of benzene rings is 1. The average Bonchev–Trinajstić information content (AvgIpc) is 2.56. The second-order valence-corrected chi connectivity index (χ2v) is 6.16. The quantitative estimate of drug-likeness (QED) is 0.859. The monoisotopic (exact) mass is 333 g/mol. The largest absolute Gasteiger partial charge is 0.399 e. The molecule has 2 heterocycles. The van der Waals surface area contributed by atoms with E-state index in [1.807, 2.05) is 12.1 Å². The van der Waals surface area contributed by atoms with Gasteiger partial charge in [-0.3, -0.25) is 9.69 Å². The van der Waals surface area contributed by atoms with Crippen molar-refractivity contribution in [3.63, 3.8) is 0 Å². The lowest BCUT2D eigenvalue weighted by atomic mass is 10.2. The number of hydrogen-bond donors (Lipinski definition) is 1. The number of aryl methyl sites for hydroxylation is 1. The molecule has 1 aliphatic rings. The second-order valence-electron chi connectivity index (χ2n) is 5.78. The van der Waals surface area contributed by atoms with Crippen LogP contribution in [0.5, 0.6) is 0 Å². The molecule has 0 spiro atoms. The Hall–Kier alpha value is -2.05. The molecule has 0 amide bonds. The second kappa shape index (κ2) is 6.60. The Morgan fingerprint density at radius 2 is 1.83 bits per heavy atom. The lowest BCUT2D eigenvalue weighted by molar-refractivity contribution is 0.250. The highest BCUT2D eigenvalue weighted by Crippen LogP contribution is 2.22. The van der Waals surface area contributed by atoms with Crippen molar-refractivity contribution in [1.29, 1.82) is 0 Å². The van der Waals surface area contributed by atoms with Gasteiger partial charge < -0.3 is 10.6 Å². The number of hydrogen-bond acceptors (Lipinski definition) is 5. The Kier molecular flexibility index (Phi) is 4.54. The van der Waals surface area contributed by atoms with Crippen LogP contribution in [0, 0.1) is 0 Å². The van der Waals surface area contributed by atoms with Gasteiger partial charge in [-0.1, -0.05) is 23.7 Å². The Balaban J connectivity index is 1.63. The molecule has 122 valence electrons. The number of nitrogens with zero attached hydrogens (tertiary/aromatic N) is 4. The zero-order chi connectivity index (χ0) is 16.4. The molecule has 1 fully saturated rings. The Morgan fingerprint density at radius 1 is 1.17 bits per heavy atom. The highest BCUT2D eigenvalue weighted by Gasteiger charge is 2.20. The first-order valence-electron chi connectivity index (χ1n) is 7.58. The van der Waals surface area contributed by atoms with E-state index in [0.717, 1.165) is 44.1 Å². The van der Waals surface area contributed by atoms with Crippen molar-refractivity contribution >= 4 is 23.0 Å². The standard InChI is InChI=1S/C16H20ClN5O/c1-20-16(23)15(17)14(10-19-20)22-8-6-21(7-9-22)11-12-2-4-13(18)5-3-12/h2-5,10H,6-9,11,18H2,1H3. The average molecular weight is 334 g/mol. The van der Waals surface area contributed by atoms with E-state index in [0.29, 0.717) is 0 Å². The molecule has 0 atom stereocenters. The Morgan fingerprint density at radius 3 is 2.48 bits per heavy atom. The SMILES string of the molecule is Cn1ncc(N2CCN(Cc3ccc(N)cc3)CC2)c(Cl)c1=O. The summed E-state index contributed by atoms with van der Waals surface area (Å²) in [5, 5.41) is 4.31. The molecule has 2 N–H and O–H groups in total. The molecule has 7 heteroatoms. The minimum Gasteiger partial charge on any atom is -0.399 e. The first-order valence-corrected chi connectivity index (χ1v) is 7.96. The summed E-state index contributed by atoms with van der Waals surface area (Å²) in [4.78, 5) is 16.4. The van der Waals surface area contributed by atoms with Crippen LogP contribution in [0.1, 0.15) is 5.56 Å². The Bertz CT molecular complexity index is 735. The van der Waals surface area contributed by atoms with Crippen LogP contribution < -0.4 is 16.2 Å². The molecule has 0 radical (unpaired) electrons. The summed E-state index contributed by atoms with van der Waals surface area (Å²) in [7, 11) is 1.60. The number of anilines is 2. The third-order valence-corrected chi connectivity index (χ3v) is 4.51. The maximum Gasteiger partial charge on any atom is 0.287 e. The first kappa shape index (κ1) is 15.8. The topological polar surface area (TPSA) is 67.4 Å². The van der Waals surface area contributed by atoms with Crippen LogP contribution in [0.2, 0.25) is 5.02 Å². The fraction of sp³-hybridized carbons (Fsp3) is 0.375. The number of aromatic nitrogens is 2. The Labute approximate surface area is 140 Å². The smallest absolute Gasteiger partial charge is 0.287 e. The molecule has 0 saturated carbocycles. The maximum absolute atomic E-state index is 11.9.